The highest BCUT2D eigenvalue weighted by molar-refractivity contribution is 7.99. The third-order valence-electron chi connectivity index (χ3n) is 10.6. The zero-order valence-corrected chi connectivity index (χ0v) is 35.7. The molecule has 0 saturated carbocycles. The number of hydrogen-bond donors (Lipinski definition) is 0. The summed E-state index contributed by atoms with van der Waals surface area (Å²) >= 11 is 1.65. The SMILES string of the molecule is C=CCO[C@@H]1[C@H](O[C@@H]2OC[C@@H](OCc3ccccc3)[C@H](OCc3ccccc3)[C@H]2OCc2ccccc2)[C@@H](SCC)O[C@H](COCc2ccccc2)[C@H]1OCc1ccccc1. The van der Waals surface area contributed by atoms with E-state index >= 15 is 0 Å². The molecule has 2 aliphatic rings. The average Bonchev–Trinajstić information content (AvgIpc) is 3.31. The molecule has 2 aliphatic heterocycles. The zero-order chi connectivity index (χ0) is 41.9. The van der Waals surface area contributed by atoms with Crippen LogP contribution in [0.2, 0.25) is 0 Å². The summed E-state index contributed by atoms with van der Waals surface area (Å²) in [6.45, 7) is 8.68. The largest absolute Gasteiger partial charge is 0.374 e. The maximum absolute atomic E-state index is 7.20. The first kappa shape index (κ1) is 44.9. The van der Waals surface area contributed by atoms with Gasteiger partial charge in [0.15, 0.2) is 6.29 Å². The molecular formula is C51H58O9S. The highest BCUT2D eigenvalue weighted by atomic mass is 32.2. The molecule has 5 aromatic carbocycles. The number of benzene rings is 5. The highest BCUT2D eigenvalue weighted by Crippen LogP contribution is 2.37. The summed E-state index contributed by atoms with van der Waals surface area (Å²) in [6, 6.07) is 50.5. The van der Waals surface area contributed by atoms with Crippen molar-refractivity contribution in [3.05, 3.63) is 192 Å². The molecule has 322 valence electrons. The molecule has 0 aromatic heterocycles. The van der Waals surface area contributed by atoms with E-state index < -0.39 is 54.5 Å². The Bertz CT molecular complexity index is 1940. The van der Waals surface area contributed by atoms with Crippen molar-refractivity contribution in [3.8, 4) is 0 Å². The minimum atomic E-state index is -0.884. The van der Waals surface area contributed by atoms with Gasteiger partial charge in [0.25, 0.3) is 0 Å². The van der Waals surface area contributed by atoms with Crippen LogP contribution in [-0.2, 0) is 75.7 Å². The van der Waals surface area contributed by atoms with E-state index in [1.54, 1.807) is 17.8 Å². The second kappa shape index (κ2) is 24.5. The van der Waals surface area contributed by atoms with Gasteiger partial charge in [0.05, 0.1) is 52.9 Å². The lowest BCUT2D eigenvalue weighted by molar-refractivity contribution is -0.336. The fourth-order valence-electron chi connectivity index (χ4n) is 7.51. The van der Waals surface area contributed by atoms with Crippen LogP contribution < -0.4 is 0 Å². The van der Waals surface area contributed by atoms with Crippen LogP contribution in [0, 0.1) is 0 Å². The van der Waals surface area contributed by atoms with E-state index in [9.17, 15) is 0 Å². The summed E-state index contributed by atoms with van der Waals surface area (Å²) in [4.78, 5) is 0. The quantitative estimate of drug-likeness (QED) is 0.0594. The summed E-state index contributed by atoms with van der Waals surface area (Å²) in [5, 5.41) is 0. The molecule has 2 fully saturated rings. The van der Waals surface area contributed by atoms with Crippen molar-refractivity contribution in [2.75, 3.05) is 25.6 Å². The number of hydrogen-bond acceptors (Lipinski definition) is 10. The topological polar surface area (TPSA) is 83.1 Å². The second-order valence-corrected chi connectivity index (χ2v) is 16.4. The molecule has 10 heteroatoms. The van der Waals surface area contributed by atoms with Crippen LogP contribution in [-0.4, -0.2) is 80.0 Å². The minimum absolute atomic E-state index is 0.212. The Morgan fingerprint density at radius 1 is 0.541 bits per heavy atom. The van der Waals surface area contributed by atoms with Crippen LogP contribution >= 0.6 is 11.8 Å². The molecule has 0 amide bonds. The van der Waals surface area contributed by atoms with E-state index in [4.69, 9.17) is 42.6 Å². The third-order valence-corrected chi connectivity index (χ3v) is 11.6. The molecular weight excluding hydrogens is 789 g/mol. The van der Waals surface area contributed by atoms with E-state index in [1.165, 1.54) is 0 Å². The lowest BCUT2D eigenvalue weighted by Crippen LogP contribution is -2.64. The highest BCUT2D eigenvalue weighted by Gasteiger charge is 2.52. The molecule has 2 saturated heterocycles. The number of rotatable bonds is 23. The molecule has 9 atom stereocenters. The molecule has 61 heavy (non-hydrogen) atoms. The van der Waals surface area contributed by atoms with Crippen molar-refractivity contribution >= 4 is 11.8 Å². The fraction of sp³-hybridized carbons (Fsp3) is 0.373. The van der Waals surface area contributed by atoms with Gasteiger partial charge in [-0.2, -0.15) is 0 Å². The van der Waals surface area contributed by atoms with E-state index in [0.29, 0.717) is 33.0 Å². The van der Waals surface area contributed by atoms with Crippen molar-refractivity contribution in [2.24, 2.45) is 0 Å². The summed E-state index contributed by atoms with van der Waals surface area (Å²) in [5.74, 6) is 0.767. The Hall–Kier alpha value is -4.17. The Kier molecular flexibility index (Phi) is 18.0. The molecule has 0 unspecified atom stereocenters. The maximum atomic E-state index is 7.20. The van der Waals surface area contributed by atoms with Gasteiger partial charge >= 0.3 is 0 Å². The molecule has 9 nitrogen and oxygen atoms in total. The number of ether oxygens (including phenoxy) is 9. The first-order valence-corrected chi connectivity index (χ1v) is 22.2. The molecule has 0 radical (unpaired) electrons. The van der Waals surface area contributed by atoms with E-state index in [1.807, 2.05) is 127 Å². The Morgan fingerprint density at radius 2 is 1.00 bits per heavy atom. The predicted molar refractivity (Wildman–Crippen MR) is 238 cm³/mol. The van der Waals surface area contributed by atoms with Crippen LogP contribution in [0.25, 0.3) is 0 Å². The van der Waals surface area contributed by atoms with Gasteiger partial charge in [0.2, 0.25) is 0 Å². The Morgan fingerprint density at radius 3 is 1.49 bits per heavy atom. The molecule has 0 bridgehead atoms. The van der Waals surface area contributed by atoms with Crippen LogP contribution in [0.1, 0.15) is 34.7 Å². The summed E-state index contributed by atoms with van der Waals surface area (Å²) < 4.78 is 61.0. The number of thioether (sulfide) groups is 1. The smallest absolute Gasteiger partial charge is 0.187 e. The summed E-state index contributed by atoms with van der Waals surface area (Å²) in [5.41, 5.74) is 4.74. The average molecular weight is 847 g/mol. The van der Waals surface area contributed by atoms with Gasteiger partial charge in [-0.25, -0.2) is 0 Å². The van der Waals surface area contributed by atoms with Crippen LogP contribution in [0.3, 0.4) is 0 Å². The van der Waals surface area contributed by atoms with Gasteiger partial charge in [-0.05, 0) is 33.6 Å². The van der Waals surface area contributed by atoms with E-state index in [-0.39, 0.29) is 19.8 Å². The van der Waals surface area contributed by atoms with E-state index in [2.05, 4.69) is 37.8 Å². The van der Waals surface area contributed by atoms with Crippen molar-refractivity contribution in [2.45, 2.75) is 94.4 Å². The second-order valence-electron chi connectivity index (χ2n) is 15.0. The lowest BCUT2D eigenvalue weighted by atomic mass is 9.98. The molecule has 5 aromatic rings. The Labute approximate surface area is 365 Å². The third kappa shape index (κ3) is 13.4. The van der Waals surface area contributed by atoms with Crippen LogP contribution in [0.15, 0.2) is 164 Å². The van der Waals surface area contributed by atoms with Crippen molar-refractivity contribution in [1.29, 1.82) is 0 Å². The summed E-state index contributed by atoms with van der Waals surface area (Å²) in [7, 11) is 0. The standard InChI is InChI=1S/C51H58O9S/c1-3-30-53-47-46(56-34-41-26-16-8-17-27-41)44(36-52-31-38-20-10-5-11-21-38)59-51(61-4-2)49(47)60-50-48(57-35-42-28-18-9-19-29-42)45(55-33-40-24-14-7-15-25-40)43(37-58-50)54-32-39-22-12-6-13-23-39/h3,5-29,43-51H,1,4,30-37H2,2H3/t43-,44-,45+,46-,47+,48-,49+,50+,51-/m1/s1. The first-order chi connectivity index (χ1) is 30.2. The van der Waals surface area contributed by atoms with Gasteiger partial charge in [-0.3, -0.25) is 0 Å². The van der Waals surface area contributed by atoms with Crippen molar-refractivity contribution in [3.63, 3.8) is 0 Å². The van der Waals surface area contributed by atoms with Crippen LogP contribution in [0.5, 0.6) is 0 Å². The van der Waals surface area contributed by atoms with Gasteiger partial charge < -0.3 is 42.6 Å². The van der Waals surface area contributed by atoms with Gasteiger partial charge in [-0.1, -0.05) is 165 Å². The fourth-order valence-corrected chi connectivity index (χ4v) is 8.46. The summed E-state index contributed by atoms with van der Waals surface area (Å²) in [6.07, 6.45) is -3.17. The maximum Gasteiger partial charge on any atom is 0.187 e. The normalized spacial score (nSPS) is 25.2. The molecule has 0 spiro atoms. The zero-order valence-electron chi connectivity index (χ0n) is 34.9. The van der Waals surface area contributed by atoms with Gasteiger partial charge in [0.1, 0.15) is 48.2 Å². The monoisotopic (exact) mass is 846 g/mol. The van der Waals surface area contributed by atoms with Gasteiger partial charge in [-0.15, -0.1) is 18.3 Å². The van der Waals surface area contributed by atoms with E-state index in [0.717, 1.165) is 33.6 Å². The van der Waals surface area contributed by atoms with Crippen molar-refractivity contribution < 1.29 is 42.6 Å². The molecule has 0 N–H and O–H groups in total. The minimum Gasteiger partial charge on any atom is -0.374 e. The van der Waals surface area contributed by atoms with Crippen molar-refractivity contribution in [1.82, 2.24) is 0 Å². The van der Waals surface area contributed by atoms with Gasteiger partial charge in [0, 0.05) is 0 Å². The molecule has 2 heterocycles. The van der Waals surface area contributed by atoms with Crippen LogP contribution in [0.4, 0.5) is 0 Å². The molecule has 0 aliphatic carbocycles. The molecule has 7 rings (SSSR count). The predicted octanol–water partition coefficient (Wildman–Crippen LogP) is 9.34. The first-order valence-electron chi connectivity index (χ1n) is 21.2. The Balaban J connectivity index is 1.19. The lowest BCUT2D eigenvalue weighted by Gasteiger charge is -2.48.